The third kappa shape index (κ3) is 3.97. The lowest BCUT2D eigenvalue weighted by atomic mass is 10.2. The Morgan fingerprint density at radius 2 is 1.92 bits per heavy atom. The van der Waals surface area contributed by atoms with Gasteiger partial charge in [-0.25, -0.2) is 0 Å². The molecule has 1 heterocycles. The van der Waals surface area contributed by atoms with E-state index in [-0.39, 0.29) is 19.1 Å². The summed E-state index contributed by atoms with van der Waals surface area (Å²) in [7, 11) is 0. The summed E-state index contributed by atoms with van der Waals surface area (Å²) in [5, 5.41) is 0. The number of amides is 3. The lowest BCUT2D eigenvalue weighted by Gasteiger charge is -2.28. The molecule has 1 aliphatic heterocycles. The fourth-order valence-electron chi connectivity index (χ4n) is 2.34. The van der Waals surface area contributed by atoms with Gasteiger partial charge in [-0.05, 0) is 30.3 Å². The van der Waals surface area contributed by atoms with Crippen molar-refractivity contribution in [1.82, 2.24) is 10.9 Å². The molecule has 3 amide bonds. The number of hydrogen-bond acceptors (Lipinski definition) is 4. The summed E-state index contributed by atoms with van der Waals surface area (Å²) >= 11 is 3.27. The molecule has 128 valence electrons. The molecular weight excluding hydrogens is 390 g/mol. The highest BCUT2D eigenvalue weighted by atomic mass is 79.9. The molecule has 7 nitrogen and oxygen atoms in total. The predicted molar refractivity (Wildman–Crippen MR) is 94.0 cm³/mol. The number of nitrogens with zero attached hydrogens (tertiary/aromatic N) is 1. The molecule has 0 aromatic heterocycles. The van der Waals surface area contributed by atoms with Gasteiger partial charge in [-0.2, -0.15) is 0 Å². The smallest absolute Gasteiger partial charge is 0.269 e. The van der Waals surface area contributed by atoms with Crippen molar-refractivity contribution in [3.05, 3.63) is 58.6 Å². The maximum atomic E-state index is 12.1. The third-order valence-electron chi connectivity index (χ3n) is 3.51. The highest BCUT2D eigenvalue weighted by Gasteiger charge is 2.27. The van der Waals surface area contributed by atoms with E-state index < -0.39 is 11.8 Å². The second-order valence-electron chi connectivity index (χ2n) is 5.25. The first-order chi connectivity index (χ1) is 12.0. The lowest BCUT2D eigenvalue weighted by molar-refractivity contribution is -0.125. The van der Waals surface area contributed by atoms with Gasteiger partial charge in [0.15, 0.2) is 6.61 Å². The van der Waals surface area contributed by atoms with Gasteiger partial charge in [-0.3, -0.25) is 30.1 Å². The van der Waals surface area contributed by atoms with Crippen molar-refractivity contribution in [2.45, 2.75) is 0 Å². The quantitative estimate of drug-likeness (QED) is 0.762. The molecule has 0 fully saturated rings. The van der Waals surface area contributed by atoms with Crippen LogP contribution in [0.2, 0.25) is 0 Å². The monoisotopic (exact) mass is 403 g/mol. The number of halogens is 1. The van der Waals surface area contributed by atoms with Crippen molar-refractivity contribution >= 4 is 39.3 Å². The molecule has 25 heavy (non-hydrogen) atoms. The molecule has 2 aromatic carbocycles. The van der Waals surface area contributed by atoms with E-state index in [2.05, 4.69) is 26.8 Å². The molecule has 0 aliphatic carbocycles. The van der Waals surface area contributed by atoms with Gasteiger partial charge in [0.25, 0.3) is 17.7 Å². The van der Waals surface area contributed by atoms with E-state index in [0.29, 0.717) is 17.0 Å². The van der Waals surface area contributed by atoms with Crippen molar-refractivity contribution in [2.75, 3.05) is 18.1 Å². The SMILES string of the molecule is O=C(CN1C(=O)COc2ccccc21)NNC(=O)c1cccc(Br)c1. The summed E-state index contributed by atoms with van der Waals surface area (Å²) in [6.07, 6.45) is 0. The fourth-order valence-corrected chi connectivity index (χ4v) is 2.74. The van der Waals surface area contributed by atoms with Crippen LogP contribution in [0.3, 0.4) is 0 Å². The minimum absolute atomic E-state index is 0.130. The highest BCUT2D eigenvalue weighted by Crippen LogP contribution is 2.31. The fraction of sp³-hybridized carbons (Fsp3) is 0.118. The molecule has 0 unspecified atom stereocenters. The minimum atomic E-state index is -0.520. The van der Waals surface area contributed by atoms with Gasteiger partial charge >= 0.3 is 0 Å². The number of hydrazine groups is 1. The molecule has 2 aromatic rings. The van der Waals surface area contributed by atoms with E-state index >= 15 is 0 Å². The van der Waals surface area contributed by atoms with Crippen LogP contribution in [0.1, 0.15) is 10.4 Å². The zero-order valence-electron chi connectivity index (χ0n) is 13.0. The summed E-state index contributed by atoms with van der Waals surface area (Å²) in [6, 6.07) is 13.7. The number of para-hydroxylation sites is 2. The van der Waals surface area contributed by atoms with E-state index in [4.69, 9.17) is 4.74 Å². The van der Waals surface area contributed by atoms with Crippen molar-refractivity contribution in [3.63, 3.8) is 0 Å². The summed E-state index contributed by atoms with van der Waals surface area (Å²) < 4.78 is 6.07. The maximum absolute atomic E-state index is 12.1. The van der Waals surface area contributed by atoms with Crippen LogP contribution < -0.4 is 20.5 Å². The van der Waals surface area contributed by atoms with Crippen molar-refractivity contribution in [3.8, 4) is 5.75 Å². The number of rotatable bonds is 3. The van der Waals surface area contributed by atoms with Crippen LogP contribution >= 0.6 is 15.9 Å². The number of carbonyl (C=O) groups is 3. The van der Waals surface area contributed by atoms with Gasteiger partial charge in [-0.1, -0.05) is 34.1 Å². The summed E-state index contributed by atoms with van der Waals surface area (Å²) in [6.45, 7) is -0.354. The second kappa shape index (κ2) is 7.35. The molecule has 0 saturated heterocycles. The zero-order valence-corrected chi connectivity index (χ0v) is 14.6. The van der Waals surface area contributed by atoms with Gasteiger partial charge in [0.1, 0.15) is 12.3 Å². The largest absolute Gasteiger partial charge is 0.482 e. The molecule has 0 atom stereocenters. The Morgan fingerprint density at radius 3 is 2.72 bits per heavy atom. The summed E-state index contributed by atoms with van der Waals surface area (Å²) in [4.78, 5) is 37.4. The molecule has 0 radical (unpaired) electrons. The molecule has 0 spiro atoms. The first-order valence-corrected chi connectivity index (χ1v) is 8.21. The van der Waals surface area contributed by atoms with E-state index in [0.717, 1.165) is 4.47 Å². The van der Waals surface area contributed by atoms with Crippen molar-refractivity contribution < 1.29 is 19.1 Å². The van der Waals surface area contributed by atoms with Crippen molar-refractivity contribution in [2.24, 2.45) is 0 Å². The number of ether oxygens (including phenoxy) is 1. The number of hydrogen-bond donors (Lipinski definition) is 2. The Kier molecular flexibility index (Phi) is 4.99. The van der Waals surface area contributed by atoms with Gasteiger partial charge in [0.2, 0.25) is 0 Å². The van der Waals surface area contributed by atoms with Gasteiger partial charge in [-0.15, -0.1) is 0 Å². The Labute approximate surface area is 152 Å². The van der Waals surface area contributed by atoms with Gasteiger partial charge < -0.3 is 4.74 Å². The van der Waals surface area contributed by atoms with Gasteiger partial charge in [0.05, 0.1) is 5.69 Å². The number of anilines is 1. The topological polar surface area (TPSA) is 87.7 Å². The Morgan fingerprint density at radius 1 is 1.12 bits per heavy atom. The summed E-state index contributed by atoms with van der Waals surface area (Å²) in [5.74, 6) is -0.767. The lowest BCUT2D eigenvalue weighted by Crippen LogP contribution is -2.49. The first kappa shape index (κ1) is 17.0. The molecule has 1 aliphatic rings. The minimum Gasteiger partial charge on any atom is -0.482 e. The molecule has 0 bridgehead atoms. The predicted octanol–water partition coefficient (Wildman–Crippen LogP) is 1.64. The van der Waals surface area contributed by atoms with Gasteiger partial charge in [0, 0.05) is 10.0 Å². The van der Waals surface area contributed by atoms with E-state index in [9.17, 15) is 14.4 Å². The Bertz CT molecular complexity index is 840. The Hall–Kier alpha value is -2.87. The normalized spacial score (nSPS) is 12.8. The van der Waals surface area contributed by atoms with E-state index in [1.165, 1.54) is 4.90 Å². The van der Waals surface area contributed by atoms with Crippen LogP contribution in [-0.4, -0.2) is 30.9 Å². The van der Waals surface area contributed by atoms with Crippen LogP contribution in [0, 0.1) is 0 Å². The standard InChI is InChI=1S/C17H14BrN3O4/c18-12-5-3-4-11(8-12)17(24)20-19-15(22)9-21-13-6-1-2-7-14(13)25-10-16(21)23/h1-8H,9-10H2,(H,19,22)(H,20,24). The molecular formula is C17H14BrN3O4. The third-order valence-corrected chi connectivity index (χ3v) is 4.01. The Balaban J connectivity index is 1.61. The maximum Gasteiger partial charge on any atom is 0.269 e. The zero-order chi connectivity index (χ0) is 17.8. The first-order valence-electron chi connectivity index (χ1n) is 7.41. The number of carbonyl (C=O) groups excluding carboxylic acids is 3. The van der Waals surface area contributed by atoms with Crippen molar-refractivity contribution in [1.29, 1.82) is 0 Å². The average molecular weight is 404 g/mol. The second-order valence-corrected chi connectivity index (χ2v) is 6.16. The van der Waals surface area contributed by atoms with Crippen LogP contribution in [-0.2, 0) is 9.59 Å². The number of benzene rings is 2. The number of nitrogens with one attached hydrogen (secondary N) is 2. The molecule has 3 rings (SSSR count). The van der Waals surface area contributed by atoms with E-state index in [1.54, 1.807) is 48.5 Å². The van der Waals surface area contributed by atoms with Crippen LogP contribution in [0.4, 0.5) is 5.69 Å². The summed E-state index contributed by atoms with van der Waals surface area (Å²) in [5.41, 5.74) is 5.55. The van der Waals surface area contributed by atoms with Crippen LogP contribution in [0.15, 0.2) is 53.0 Å². The molecule has 2 N–H and O–H groups in total. The average Bonchev–Trinajstić information content (AvgIpc) is 2.62. The van der Waals surface area contributed by atoms with Crippen LogP contribution in [0.5, 0.6) is 5.75 Å². The molecule has 0 saturated carbocycles. The molecule has 8 heteroatoms. The number of fused-ring (bicyclic) bond motifs is 1. The van der Waals surface area contributed by atoms with Crippen LogP contribution in [0.25, 0.3) is 0 Å². The van der Waals surface area contributed by atoms with E-state index in [1.807, 2.05) is 0 Å². The highest BCUT2D eigenvalue weighted by molar-refractivity contribution is 9.10.